The Hall–Kier alpha value is -3.94. The number of hydrogen-bond acceptors (Lipinski definition) is 5. The Balaban J connectivity index is 1.27. The van der Waals surface area contributed by atoms with Crippen LogP contribution in [0.3, 0.4) is 0 Å². The number of amides is 3. The second kappa shape index (κ2) is 9.67. The molecule has 0 unspecified atom stereocenters. The van der Waals surface area contributed by atoms with Gasteiger partial charge < -0.3 is 14.2 Å². The molecule has 1 spiro atoms. The van der Waals surface area contributed by atoms with Gasteiger partial charge in [-0.2, -0.15) is 0 Å². The first kappa shape index (κ1) is 25.3. The summed E-state index contributed by atoms with van der Waals surface area (Å²) >= 11 is 0. The number of hydrogen-bond donors (Lipinski definition) is 0. The van der Waals surface area contributed by atoms with Crippen LogP contribution in [0.4, 0.5) is 0 Å². The van der Waals surface area contributed by atoms with Crippen molar-refractivity contribution >= 4 is 34.5 Å². The molecule has 0 N–H and O–H groups in total. The summed E-state index contributed by atoms with van der Waals surface area (Å²) in [6, 6.07) is 16.3. The maximum Gasteiger partial charge on any atom is 0.256 e. The van der Waals surface area contributed by atoms with E-state index in [0.717, 1.165) is 27.7 Å². The Bertz CT molecular complexity index is 1460. The summed E-state index contributed by atoms with van der Waals surface area (Å²) in [5, 5.41) is 1.05. The van der Waals surface area contributed by atoms with E-state index >= 15 is 0 Å². The van der Waals surface area contributed by atoms with Crippen molar-refractivity contribution in [3.63, 3.8) is 0 Å². The van der Waals surface area contributed by atoms with Gasteiger partial charge in [0.15, 0.2) is 0 Å². The maximum atomic E-state index is 14.0. The zero-order valence-corrected chi connectivity index (χ0v) is 22.7. The lowest BCUT2D eigenvalue weighted by Crippen LogP contribution is -2.56. The minimum atomic E-state index is -0.835. The number of carbonyl (C=O) groups is 3. The number of carbonyl (C=O) groups excluding carboxylic acids is 3. The van der Waals surface area contributed by atoms with E-state index in [1.165, 1.54) is 0 Å². The lowest BCUT2D eigenvalue weighted by Gasteiger charge is -2.41. The topological polar surface area (TPSA) is 86.4 Å². The summed E-state index contributed by atoms with van der Waals surface area (Å²) < 4.78 is 5.47. The van der Waals surface area contributed by atoms with Crippen molar-refractivity contribution in [2.75, 3.05) is 32.7 Å². The van der Waals surface area contributed by atoms with E-state index in [4.69, 9.17) is 9.41 Å². The van der Waals surface area contributed by atoms with Gasteiger partial charge in [-0.15, -0.1) is 0 Å². The highest BCUT2D eigenvalue weighted by Crippen LogP contribution is 2.37. The average Bonchev–Trinajstić information content (AvgIpc) is 3.48. The third-order valence-corrected chi connectivity index (χ3v) is 8.39. The molecule has 1 aromatic heterocycles. The van der Waals surface area contributed by atoms with Crippen LogP contribution in [-0.2, 0) is 14.4 Å². The van der Waals surface area contributed by atoms with Gasteiger partial charge in [0.1, 0.15) is 17.0 Å². The number of benzene rings is 2. The molecule has 0 aliphatic carbocycles. The van der Waals surface area contributed by atoms with Crippen molar-refractivity contribution in [2.45, 2.75) is 39.2 Å². The van der Waals surface area contributed by atoms with Gasteiger partial charge in [0.05, 0.1) is 6.26 Å². The van der Waals surface area contributed by atoms with Gasteiger partial charge in [-0.05, 0) is 42.2 Å². The number of nitrogens with zero attached hydrogens (tertiary/aromatic N) is 4. The Kier molecular flexibility index (Phi) is 6.28. The molecule has 4 heterocycles. The van der Waals surface area contributed by atoms with Crippen LogP contribution >= 0.6 is 0 Å². The molecule has 6 rings (SSSR count). The van der Waals surface area contributed by atoms with E-state index in [1.54, 1.807) is 18.1 Å². The summed E-state index contributed by atoms with van der Waals surface area (Å²) in [7, 11) is 0. The Morgan fingerprint density at radius 3 is 2.31 bits per heavy atom. The quantitative estimate of drug-likeness (QED) is 0.499. The third kappa shape index (κ3) is 4.51. The third-order valence-electron chi connectivity index (χ3n) is 8.39. The van der Waals surface area contributed by atoms with E-state index in [2.05, 4.69) is 18.2 Å². The zero-order chi connectivity index (χ0) is 27.3. The van der Waals surface area contributed by atoms with Crippen LogP contribution in [0.25, 0.3) is 22.1 Å². The number of rotatable bonds is 5. The number of likely N-dealkylation sites (tertiary alicyclic amines) is 2. The van der Waals surface area contributed by atoms with Gasteiger partial charge in [-0.1, -0.05) is 44.2 Å². The molecule has 2 saturated heterocycles. The molecule has 3 aromatic rings. The van der Waals surface area contributed by atoms with Crippen LogP contribution in [0.5, 0.6) is 0 Å². The molecule has 202 valence electrons. The van der Waals surface area contributed by atoms with Crippen LogP contribution in [0.15, 0.2) is 64.2 Å². The van der Waals surface area contributed by atoms with Crippen molar-refractivity contribution in [2.24, 2.45) is 16.8 Å². The highest BCUT2D eigenvalue weighted by molar-refractivity contribution is 6.15. The van der Waals surface area contributed by atoms with Gasteiger partial charge >= 0.3 is 0 Å². The fourth-order valence-corrected chi connectivity index (χ4v) is 5.99. The Morgan fingerprint density at radius 2 is 1.64 bits per heavy atom. The van der Waals surface area contributed by atoms with E-state index in [0.29, 0.717) is 51.4 Å². The SMILES string of the molecule is CC(=O)N1CC(CN2C(=O)C3(CCN(C(=O)C(C)C)CC3)N=C2c2ccc(-c3ccc4occc4c3)cc2)C1. The highest BCUT2D eigenvalue weighted by Gasteiger charge is 2.51. The zero-order valence-electron chi connectivity index (χ0n) is 22.7. The van der Waals surface area contributed by atoms with Crippen LogP contribution < -0.4 is 0 Å². The lowest BCUT2D eigenvalue weighted by atomic mass is 9.87. The molecule has 39 heavy (non-hydrogen) atoms. The molecular weight excluding hydrogens is 492 g/mol. The van der Waals surface area contributed by atoms with Crippen molar-refractivity contribution in [1.29, 1.82) is 0 Å². The van der Waals surface area contributed by atoms with Gasteiger partial charge in [-0.3, -0.25) is 24.3 Å². The molecule has 0 saturated carbocycles. The molecule has 2 aromatic carbocycles. The standard InChI is InChI=1S/C31H34N4O4/c1-20(2)29(37)33-13-11-31(12-14-33)30(38)35(19-22-17-34(18-22)21(3)36)28(32-31)24-6-4-23(5-7-24)25-8-9-27-26(16-25)10-15-39-27/h4-10,15-16,20,22H,11-14,17-19H2,1-3H3. The summed E-state index contributed by atoms with van der Waals surface area (Å²) in [4.78, 5) is 48.9. The summed E-state index contributed by atoms with van der Waals surface area (Å²) in [6.07, 6.45) is 2.74. The fourth-order valence-electron chi connectivity index (χ4n) is 5.99. The monoisotopic (exact) mass is 526 g/mol. The molecular formula is C31H34N4O4. The molecule has 3 aliphatic rings. The smallest absolute Gasteiger partial charge is 0.256 e. The first-order valence-corrected chi connectivity index (χ1v) is 13.8. The molecule has 8 heteroatoms. The summed E-state index contributed by atoms with van der Waals surface area (Å²) in [5.41, 5.74) is 3.09. The van der Waals surface area contributed by atoms with E-state index < -0.39 is 5.54 Å². The van der Waals surface area contributed by atoms with E-state index in [1.807, 2.05) is 54.0 Å². The van der Waals surface area contributed by atoms with Gasteiger partial charge in [0, 0.05) is 62.4 Å². The molecule has 0 bridgehead atoms. The van der Waals surface area contributed by atoms with Crippen LogP contribution in [-0.4, -0.2) is 76.5 Å². The molecule has 2 fully saturated rings. The number of piperidine rings is 1. The molecule has 3 amide bonds. The Morgan fingerprint density at radius 1 is 0.974 bits per heavy atom. The normalized spacial score (nSPS) is 19.2. The first-order chi connectivity index (χ1) is 18.7. The molecule has 0 atom stereocenters. The lowest BCUT2D eigenvalue weighted by molar-refractivity contribution is -0.141. The number of fused-ring (bicyclic) bond motifs is 1. The van der Waals surface area contributed by atoms with Crippen LogP contribution in [0, 0.1) is 11.8 Å². The van der Waals surface area contributed by atoms with Gasteiger partial charge in [0.25, 0.3) is 5.91 Å². The van der Waals surface area contributed by atoms with E-state index in [-0.39, 0.29) is 29.6 Å². The van der Waals surface area contributed by atoms with Gasteiger partial charge in [-0.25, -0.2) is 0 Å². The van der Waals surface area contributed by atoms with Crippen molar-refractivity contribution in [3.8, 4) is 11.1 Å². The van der Waals surface area contributed by atoms with Crippen LogP contribution in [0.2, 0.25) is 0 Å². The second-order valence-corrected chi connectivity index (χ2v) is 11.4. The number of aliphatic imine (C=N–C) groups is 1. The molecule has 0 radical (unpaired) electrons. The second-order valence-electron chi connectivity index (χ2n) is 11.4. The minimum Gasteiger partial charge on any atom is -0.464 e. The highest BCUT2D eigenvalue weighted by atomic mass is 16.3. The number of amidine groups is 1. The van der Waals surface area contributed by atoms with Crippen molar-refractivity contribution < 1.29 is 18.8 Å². The molecule has 8 nitrogen and oxygen atoms in total. The average molecular weight is 527 g/mol. The van der Waals surface area contributed by atoms with E-state index in [9.17, 15) is 14.4 Å². The maximum absolute atomic E-state index is 14.0. The van der Waals surface area contributed by atoms with Crippen molar-refractivity contribution in [3.05, 3.63) is 60.4 Å². The first-order valence-electron chi connectivity index (χ1n) is 13.8. The summed E-state index contributed by atoms with van der Waals surface area (Å²) in [6.45, 7) is 8.32. The van der Waals surface area contributed by atoms with Crippen LogP contribution in [0.1, 0.15) is 39.2 Å². The molecule has 3 aliphatic heterocycles. The minimum absolute atomic E-state index is 0.0184. The predicted molar refractivity (Wildman–Crippen MR) is 149 cm³/mol. The summed E-state index contributed by atoms with van der Waals surface area (Å²) in [5.74, 6) is 1.06. The van der Waals surface area contributed by atoms with Crippen molar-refractivity contribution in [1.82, 2.24) is 14.7 Å². The predicted octanol–water partition coefficient (Wildman–Crippen LogP) is 4.18. The fraction of sp³-hybridized carbons (Fsp3) is 0.419. The largest absolute Gasteiger partial charge is 0.464 e. The van der Waals surface area contributed by atoms with Gasteiger partial charge in [0.2, 0.25) is 11.8 Å². The Labute approximate surface area is 228 Å². The number of furan rings is 1.